The van der Waals surface area contributed by atoms with Crippen molar-refractivity contribution in [1.82, 2.24) is 5.32 Å². The van der Waals surface area contributed by atoms with Crippen molar-refractivity contribution in [2.24, 2.45) is 0 Å². The second-order valence-corrected chi connectivity index (χ2v) is 7.81. The third-order valence-corrected chi connectivity index (χ3v) is 5.86. The molecule has 1 aliphatic heterocycles. The highest BCUT2D eigenvalue weighted by Gasteiger charge is 2.62. The molecule has 2 aliphatic rings. The molecule has 1 aromatic carbocycles. The third-order valence-electron chi connectivity index (χ3n) is 5.37. The SMILES string of the molecule is Cc1ccc(Br)cc1C1C(=O)NC2(CCC(O)(C(F)(F)F)CC2)C1=O. The molecule has 1 unspecified atom stereocenters. The van der Waals surface area contributed by atoms with Gasteiger partial charge in [-0.25, -0.2) is 0 Å². The fourth-order valence-corrected chi connectivity index (χ4v) is 4.09. The van der Waals surface area contributed by atoms with Crippen LogP contribution in [0.3, 0.4) is 0 Å². The number of alkyl halides is 3. The van der Waals surface area contributed by atoms with E-state index in [9.17, 15) is 27.9 Å². The van der Waals surface area contributed by atoms with Crippen molar-refractivity contribution >= 4 is 27.6 Å². The summed E-state index contributed by atoms with van der Waals surface area (Å²) in [6.45, 7) is 1.77. The van der Waals surface area contributed by atoms with Crippen LogP contribution >= 0.6 is 15.9 Å². The largest absolute Gasteiger partial charge is 0.417 e. The molecule has 1 saturated carbocycles. The summed E-state index contributed by atoms with van der Waals surface area (Å²) >= 11 is 3.31. The molecular weight excluding hydrogens is 403 g/mol. The molecule has 3 rings (SSSR count). The normalized spacial score (nSPS) is 33.0. The van der Waals surface area contributed by atoms with Crippen LogP contribution in [0, 0.1) is 6.92 Å². The van der Waals surface area contributed by atoms with Crippen LogP contribution in [0.15, 0.2) is 22.7 Å². The zero-order chi connectivity index (χ0) is 18.6. The Morgan fingerprint density at radius 1 is 1.20 bits per heavy atom. The summed E-state index contributed by atoms with van der Waals surface area (Å²) in [5, 5.41) is 12.4. The number of ketones is 1. The van der Waals surface area contributed by atoms with Crippen LogP contribution < -0.4 is 5.32 Å². The van der Waals surface area contributed by atoms with Crippen molar-refractivity contribution in [3.63, 3.8) is 0 Å². The Bertz CT molecular complexity index is 739. The summed E-state index contributed by atoms with van der Waals surface area (Å²) in [5.41, 5.74) is -2.82. The number of aliphatic hydroxyl groups is 1. The maximum absolute atomic E-state index is 13.0. The van der Waals surface area contributed by atoms with Crippen molar-refractivity contribution in [2.45, 2.75) is 55.8 Å². The van der Waals surface area contributed by atoms with Gasteiger partial charge in [0.1, 0.15) is 5.92 Å². The topological polar surface area (TPSA) is 66.4 Å². The van der Waals surface area contributed by atoms with Crippen LogP contribution in [0.4, 0.5) is 13.2 Å². The smallest absolute Gasteiger partial charge is 0.380 e. The number of Topliss-reactive ketones (excluding diaryl/α,β-unsaturated/α-hetero) is 1. The molecule has 0 bridgehead atoms. The van der Waals surface area contributed by atoms with E-state index in [1.807, 2.05) is 0 Å². The van der Waals surface area contributed by atoms with E-state index in [0.29, 0.717) is 10.0 Å². The molecule has 2 N–H and O–H groups in total. The predicted octanol–water partition coefficient (Wildman–Crippen LogP) is 3.15. The number of rotatable bonds is 1. The van der Waals surface area contributed by atoms with Gasteiger partial charge in [-0.15, -0.1) is 0 Å². The summed E-state index contributed by atoms with van der Waals surface area (Å²) in [5.74, 6) is -1.94. The van der Waals surface area contributed by atoms with Crippen molar-refractivity contribution in [1.29, 1.82) is 0 Å². The van der Waals surface area contributed by atoms with E-state index < -0.39 is 47.8 Å². The highest BCUT2D eigenvalue weighted by atomic mass is 79.9. The molecular formula is C17H17BrF3NO3. The molecule has 0 radical (unpaired) electrons. The van der Waals surface area contributed by atoms with Gasteiger partial charge in [-0.3, -0.25) is 9.59 Å². The molecule has 2 fully saturated rings. The molecule has 1 atom stereocenters. The first-order valence-electron chi connectivity index (χ1n) is 7.91. The van der Waals surface area contributed by atoms with Gasteiger partial charge in [0, 0.05) is 4.47 Å². The lowest BCUT2D eigenvalue weighted by molar-refractivity contribution is -0.272. The molecule has 1 heterocycles. The second kappa shape index (κ2) is 5.81. The fraction of sp³-hybridized carbons (Fsp3) is 0.529. The number of amides is 1. The zero-order valence-corrected chi connectivity index (χ0v) is 15.0. The van der Waals surface area contributed by atoms with Crippen LogP contribution in [0.1, 0.15) is 42.7 Å². The van der Waals surface area contributed by atoms with E-state index in [2.05, 4.69) is 21.2 Å². The van der Waals surface area contributed by atoms with Gasteiger partial charge in [-0.05, 0) is 55.9 Å². The maximum Gasteiger partial charge on any atom is 0.417 e. The third kappa shape index (κ3) is 2.89. The van der Waals surface area contributed by atoms with Gasteiger partial charge in [0.15, 0.2) is 11.4 Å². The molecule has 0 aromatic heterocycles. The predicted molar refractivity (Wildman–Crippen MR) is 87.0 cm³/mol. The highest BCUT2D eigenvalue weighted by molar-refractivity contribution is 9.10. The second-order valence-electron chi connectivity index (χ2n) is 6.90. The van der Waals surface area contributed by atoms with Crippen LogP contribution in [-0.2, 0) is 9.59 Å². The van der Waals surface area contributed by atoms with Gasteiger partial charge < -0.3 is 10.4 Å². The summed E-state index contributed by atoms with van der Waals surface area (Å²) in [4.78, 5) is 25.4. The van der Waals surface area contributed by atoms with Crippen LogP contribution in [-0.4, -0.2) is 34.1 Å². The van der Waals surface area contributed by atoms with E-state index in [1.54, 1.807) is 25.1 Å². The number of hydrogen-bond donors (Lipinski definition) is 2. The van der Waals surface area contributed by atoms with Crippen LogP contribution in [0.2, 0.25) is 0 Å². The Labute approximate surface area is 150 Å². The molecule has 1 saturated heterocycles. The van der Waals surface area contributed by atoms with Gasteiger partial charge >= 0.3 is 6.18 Å². The van der Waals surface area contributed by atoms with E-state index in [4.69, 9.17) is 0 Å². The van der Waals surface area contributed by atoms with Crippen molar-refractivity contribution in [3.05, 3.63) is 33.8 Å². The van der Waals surface area contributed by atoms with E-state index in [1.165, 1.54) is 0 Å². The van der Waals surface area contributed by atoms with Gasteiger partial charge in [0.25, 0.3) is 0 Å². The minimum atomic E-state index is -4.75. The van der Waals surface area contributed by atoms with Crippen LogP contribution in [0.25, 0.3) is 0 Å². The average molecular weight is 420 g/mol. The van der Waals surface area contributed by atoms with Gasteiger partial charge in [0.2, 0.25) is 5.91 Å². The summed E-state index contributed by atoms with van der Waals surface area (Å²) in [7, 11) is 0. The first-order valence-corrected chi connectivity index (χ1v) is 8.70. The summed E-state index contributed by atoms with van der Waals surface area (Å²) in [6, 6.07) is 5.25. The number of aryl methyl sites for hydroxylation is 1. The molecule has 4 nitrogen and oxygen atoms in total. The van der Waals surface area contributed by atoms with Crippen molar-refractivity contribution in [2.75, 3.05) is 0 Å². The standard InChI is InChI=1S/C17H17BrF3NO3/c1-9-2-3-10(18)8-11(9)12-13(23)15(22-14(12)24)4-6-16(25,7-5-15)17(19,20)21/h2-3,8,12,25H,4-7H2,1H3,(H,22,24). The van der Waals surface area contributed by atoms with Gasteiger partial charge in [0.05, 0.1) is 5.54 Å². The molecule has 1 aliphatic carbocycles. The first kappa shape index (κ1) is 18.4. The fourth-order valence-electron chi connectivity index (χ4n) is 3.71. The Balaban J connectivity index is 1.89. The summed E-state index contributed by atoms with van der Waals surface area (Å²) < 4.78 is 39.7. The minimum Gasteiger partial charge on any atom is -0.380 e. The lowest BCUT2D eigenvalue weighted by Crippen LogP contribution is -2.57. The quantitative estimate of drug-likeness (QED) is 0.687. The van der Waals surface area contributed by atoms with Crippen molar-refractivity contribution in [3.8, 4) is 0 Å². The maximum atomic E-state index is 13.0. The monoisotopic (exact) mass is 419 g/mol. The number of carbonyl (C=O) groups excluding carboxylic acids is 2. The molecule has 1 amide bonds. The number of halogens is 4. The van der Waals surface area contributed by atoms with Gasteiger partial charge in [-0.1, -0.05) is 22.0 Å². The zero-order valence-electron chi connectivity index (χ0n) is 13.4. The van der Waals surface area contributed by atoms with E-state index >= 15 is 0 Å². The lowest BCUT2D eigenvalue weighted by Gasteiger charge is -2.41. The highest BCUT2D eigenvalue weighted by Crippen LogP contribution is 2.48. The van der Waals surface area contributed by atoms with E-state index in [0.717, 1.165) is 5.56 Å². The number of hydrogen-bond acceptors (Lipinski definition) is 3. The Hall–Kier alpha value is -1.41. The molecule has 8 heteroatoms. The number of benzene rings is 1. The van der Waals surface area contributed by atoms with Gasteiger partial charge in [-0.2, -0.15) is 13.2 Å². The molecule has 1 aromatic rings. The Morgan fingerprint density at radius 2 is 1.80 bits per heavy atom. The van der Waals surface area contributed by atoms with Crippen LogP contribution in [0.5, 0.6) is 0 Å². The first-order chi connectivity index (χ1) is 11.5. The van der Waals surface area contributed by atoms with Crippen molar-refractivity contribution < 1.29 is 27.9 Å². The Kier molecular flexibility index (Phi) is 4.27. The molecule has 1 spiro atoms. The van der Waals surface area contributed by atoms with E-state index in [-0.39, 0.29) is 12.8 Å². The molecule has 136 valence electrons. The average Bonchev–Trinajstić information content (AvgIpc) is 2.75. The number of carbonyl (C=O) groups is 2. The Morgan fingerprint density at radius 3 is 2.36 bits per heavy atom. The minimum absolute atomic E-state index is 0.225. The molecule has 25 heavy (non-hydrogen) atoms. The lowest BCUT2D eigenvalue weighted by atomic mass is 9.71. The summed E-state index contributed by atoms with van der Waals surface area (Å²) in [6.07, 6.45) is -6.41. The number of nitrogens with one attached hydrogen (secondary N) is 1.